The van der Waals surface area contributed by atoms with Gasteiger partial charge in [-0.25, -0.2) is 0 Å². The predicted octanol–water partition coefficient (Wildman–Crippen LogP) is 3.63. The first kappa shape index (κ1) is 20.0. The maximum atomic E-state index is 13.3. The van der Waals surface area contributed by atoms with Gasteiger partial charge in [0.25, 0.3) is 0 Å². The first-order valence-corrected chi connectivity index (χ1v) is 11.7. The fourth-order valence-corrected chi connectivity index (χ4v) is 6.55. The van der Waals surface area contributed by atoms with E-state index in [2.05, 4.69) is 18.7 Å². The van der Waals surface area contributed by atoms with Gasteiger partial charge in [0.1, 0.15) is 11.4 Å². The van der Waals surface area contributed by atoms with Gasteiger partial charge in [-0.2, -0.15) is 0 Å². The van der Waals surface area contributed by atoms with E-state index in [1.807, 2.05) is 36.2 Å². The van der Waals surface area contributed by atoms with Crippen molar-refractivity contribution in [2.45, 2.75) is 57.6 Å². The normalized spacial score (nSPS) is 35.1. The van der Waals surface area contributed by atoms with Crippen LogP contribution in [0.2, 0.25) is 0 Å². The molecule has 5 atom stereocenters. The van der Waals surface area contributed by atoms with Crippen LogP contribution in [0.3, 0.4) is 0 Å². The summed E-state index contributed by atoms with van der Waals surface area (Å²) in [4.78, 5) is 30.6. The SMILES string of the molecule is CC(C)N1CCCC(CN(C)C(=O)C2C3CCC4(CC(=O)c5ccccc5O4)C32)C1. The molecular weight excluding hydrogens is 376 g/mol. The Balaban J connectivity index is 1.25. The van der Waals surface area contributed by atoms with E-state index in [1.165, 1.54) is 19.4 Å². The summed E-state index contributed by atoms with van der Waals surface area (Å²) in [6.07, 6.45) is 4.73. The second-order valence-electron chi connectivity index (χ2n) is 10.3. The Kier molecular flexibility index (Phi) is 4.92. The Morgan fingerprint density at radius 1 is 1.30 bits per heavy atom. The molecule has 3 fully saturated rings. The highest BCUT2D eigenvalue weighted by atomic mass is 16.5. The van der Waals surface area contributed by atoms with Crippen LogP contribution >= 0.6 is 0 Å². The zero-order valence-corrected chi connectivity index (χ0v) is 18.5. The molecule has 0 radical (unpaired) electrons. The Morgan fingerprint density at radius 2 is 2.10 bits per heavy atom. The summed E-state index contributed by atoms with van der Waals surface area (Å²) < 4.78 is 6.46. The zero-order chi connectivity index (χ0) is 21.0. The van der Waals surface area contributed by atoms with Crippen LogP contribution in [0.15, 0.2) is 24.3 Å². The highest BCUT2D eigenvalue weighted by Gasteiger charge is 2.70. The number of benzene rings is 1. The van der Waals surface area contributed by atoms with Crippen molar-refractivity contribution in [3.63, 3.8) is 0 Å². The lowest BCUT2D eigenvalue weighted by atomic mass is 9.84. The van der Waals surface area contributed by atoms with Crippen molar-refractivity contribution in [1.82, 2.24) is 9.80 Å². The zero-order valence-electron chi connectivity index (χ0n) is 18.5. The number of carbonyl (C=O) groups is 2. The highest BCUT2D eigenvalue weighted by molar-refractivity contribution is 6.00. The minimum Gasteiger partial charge on any atom is -0.486 e. The number of likely N-dealkylation sites (tertiary alicyclic amines) is 1. The van der Waals surface area contributed by atoms with Crippen LogP contribution in [-0.4, -0.2) is 59.8 Å². The quantitative estimate of drug-likeness (QED) is 0.761. The average molecular weight is 411 g/mol. The van der Waals surface area contributed by atoms with Crippen molar-refractivity contribution in [2.75, 3.05) is 26.7 Å². The molecule has 1 amide bonds. The molecule has 0 aromatic heterocycles. The molecule has 1 spiro atoms. The Hall–Kier alpha value is -1.88. The van der Waals surface area contributed by atoms with Gasteiger partial charge in [-0.15, -0.1) is 0 Å². The number of hydrogen-bond donors (Lipinski definition) is 0. The van der Waals surface area contributed by atoms with Gasteiger partial charge in [0.15, 0.2) is 5.78 Å². The summed E-state index contributed by atoms with van der Waals surface area (Å²) in [5.41, 5.74) is 0.232. The van der Waals surface area contributed by atoms with E-state index >= 15 is 0 Å². The van der Waals surface area contributed by atoms with Crippen molar-refractivity contribution in [3.05, 3.63) is 29.8 Å². The molecular formula is C25H34N2O3. The molecule has 1 saturated heterocycles. The second kappa shape index (κ2) is 7.37. The van der Waals surface area contributed by atoms with Gasteiger partial charge in [0.2, 0.25) is 5.91 Å². The summed E-state index contributed by atoms with van der Waals surface area (Å²) in [6, 6.07) is 8.13. The Bertz CT molecular complexity index is 853. The van der Waals surface area contributed by atoms with Crippen molar-refractivity contribution < 1.29 is 14.3 Å². The molecule has 5 rings (SSSR count). The molecule has 5 heteroatoms. The van der Waals surface area contributed by atoms with Gasteiger partial charge >= 0.3 is 0 Å². The van der Waals surface area contributed by atoms with Gasteiger partial charge in [-0.1, -0.05) is 12.1 Å². The second-order valence-corrected chi connectivity index (χ2v) is 10.3. The smallest absolute Gasteiger partial charge is 0.226 e. The number of para-hydroxylation sites is 1. The third-order valence-electron chi connectivity index (χ3n) is 8.11. The number of hydrogen-bond acceptors (Lipinski definition) is 4. The number of fused-ring (bicyclic) bond motifs is 3. The summed E-state index contributed by atoms with van der Waals surface area (Å²) in [6.45, 7) is 7.62. The average Bonchev–Trinajstić information content (AvgIpc) is 3.37. The van der Waals surface area contributed by atoms with Crippen molar-refractivity contribution >= 4 is 11.7 Å². The van der Waals surface area contributed by atoms with Crippen molar-refractivity contribution in [3.8, 4) is 5.75 Å². The number of carbonyl (C=O) groups excluding carboxylic acids is 2. The number of nitrogens with zero attached hydrogens (tertiary/aromatic N) is 2. The monoisotopic (exact) mass is 410 g/mol. The number of piperidine rings is 1. The first-order chi connectivity index (χ1) is 14.4. The molecule has 4 aliphatic rings. The molecule has 1 aromatic carbocycles. The number of ether oxygens (including phenoxy) is 1. The van der Waals surface area contributed by atoms with Crippen LogP contribution in [0.1, 0.15) is 56.3 Å². The summed E-state index contributed by atoms with van der Waals surface area (Å²) >= 11 is 0. The van der Waals surface area contributed by atoms with E-state index < -0.39 is 5.60 Å². The van der Waals surface area contributed by atoms with E-state index in [1.54, 1.807) is 0 Å². The first-order valence-electron chi connectivity index (χ1n) is 11.7. The Labute approximate surface area is 179 Å². The lowest BCUT2D eigenvalue weighted by Gasteiger charge is -2.38. The highest BCUT2D eigenvalue weighted by Crippen LogP contribution is 2.66. The van der Waals surface area contributed by atoms with Gasteiger partial charge in [0, 0.05) is 38.0 Å². The maximum Gasteiger partial charge on any atom is 0.226 e. The van der Waals surface area contributed by atoms with Gasteiger partial charge < -0.3 is 14.5 Å². The topological polar surface area (TPSA) is 49.9 Å². The third-order valence-corrected chi connectivity index (χ3v) is 8.11. The molecule has 5 unspecified atom stereocenters. The van der Waals surface area contributed by atoms with Crippen LogP contribution in [-0.2, 0) is 4.79 Å². The lowest BCUT2D eigenvalue weighted by Crippen LogP contribution is -2.46. The molecule has 5 nitrogen and oxygen atoms in total. The van der Waals surface area contributed by atoms with Crippen LogP contribution in [0, 0.1) is 23.7 Å². The van der Waals surface area contributed by atoms with E-state index in [9.17, 15) is 9.59 Å². The van der Waals surface area contributed by atoms with Gasteiger partial charge in [-0.3, -0.25) is 9.59 Å². The molecule has 2 aliphatic heterocycles. The minimum atomic E-state index is -0.462. The number of ketones is 1. The van der Waals surface area contributed by atoms with E-state index in [-0.39, 0.29) is 23.5 Å². The Morgan fingerprint density at radius 3 is 2.90 bits per heavy atom. The molecule has 1 aromatic rings. The van der Waals surface area contributed by atoms with Crippen molar-refractivity contribution in [1.29, 1.82) is 0 Å². The molecule has 2 aliphatic carbocycles. The number of rotatable bonds is 4. The molecule has 0 N–H and O–H groups in total. The fraction of sp³-hybridized carbons (Fsp3) is 0.680. The fourth-order valence-electron chi connectivity index (χ4n) is 6.55. The number of Topliss-reactive ketones (excluding diaryl/α,β-unsaturated/α-hetero) is 1. The summed E-state index contributed by atoms with van der Waals surface area (Å²) in [7, 11) is 1.97. The van der Waals surface area contributed by atoms with Crippen LogP contribution < -0.4 is 4.74 Å². The molecule has 2 heterocycles. The van der Waals surface area contributed by atoms with Crippen LogP contribution in [0.5, 0.6) is 5.75 Å². The van der Waals surface area contributed by atoms with Gasteiger partial charge in [0.05, 0.1) is 12.0 Å². The summed E-state index contributed by atoms with van der Waals surface area (Å²) in [5, 5.41) is 0. The van der Waals surface area contributed by atoms with Crippen molar-refractivity contribution in [2.24, 2.45) is 23.7 Å². The third kappa shape index (κ3) is 3.26. The number of amides is 1. The van der Waals surface area contributed by atoms with Crippen LogP contribution in [0.25, 0.3) is 0 Å². The lowest BCUT2D eigenvalue weighted by molar-refractivity contribution is -0.134. The van der Waals surface area contributed by atoms with E-state index in [4.69, 9.17) is 4.74 Å². The predicted molar refractivity (Wildman–Crippen MR) is 116 cm³/mol. The van der Waals surface area contributed by atoms with E-state index in [0.29, 0.717) is 35.6 Å². The molecule has 0 bridgehead atoms. The molecule has 2 saturated carbocycles. The summed E-state index contributed by atoms with van der Waals surface area (Å²) in [5.74, 6) is 2.31. The van der Waals surface area contributed by atoms with Crippen LogP contribution in [0.4, 0.5) is 0 Å². The maximum absolute atomic E-state index is 13.3. The standard InChI is InChI=1S/C25H34N2O3/c1-16(2)27-12-6-7-17(15-27)14-26(3)24(29)22-19-10-11-25(23(19)22)13-20(28)18-8-4-5-9-21(18)30-25/h4-5,8-9,16-17,19,22-23H,6-7,10-15H2,1-3H3. The largest absolute Gasteiger partial charge is 0.486 e. The van der Waals surface area contributed by atoms with E-state index in [0.717, 1.165) is 25.9 Å². The minimum absolute atomic E-state index is 0.0339. The molecule has 30 heavy (non-hydrogen) atoms. The van der Waals surface area contributed by atoms with Gasteiger partial charge in [-0.05, 0) is 70.0 Å². The molecule has 162 valence electrons.